The number of nitrogens with zero attached hydrogens (tertiary/aromatic N) is 5. The average molecular weight is 550 g/mol. The lowest BCUT2D eigenvalue weighted by Crippen LogP contribution is -2.40. The van der Waals surface area contributed by atoms with Crippen molar-refractivity contribution in [2.24, 2.45) is 0 Å². The number of anilines is 1. The van der Waals surface area contributed by atoms with Crippen LogP contribution in [-0.4, -0.2) is 49.6 Å². The monoisotopic (exact) mass is 549 g/mol. The van der Waals surface area contributed by atoms with Crippen molar-refractivity contribution >= 4 is 28.7 Å². The third-order valence-electron chi connectivity index (χ3n) is 6.90. The number of likely N-dealkylation sites (tertiary alicyclic amines) is 1. The van der Waals surface area contributed by atoms with E-state index in [1.807, 2.05) is 0 Å². The lowest BCUT2D eigenvalue weighted by atomic mass is 10.1. The van der Waals surface area contributed by atoms with Gasteiger partial charge in [-0.15, -0.1) is 0 Å². The maximum absolute atomic E-state index is 13.3. The fourth-order valence-electron chi connectivity index (χ4n) is 4.92. The third kappa shape index (κ3) is 5.24. The van der Waals surface area contributed by atoms with Gasteiger partial charge >= 0.3 is 6.18 Å². The molecular formula is C28H26F3N7O2. The Balaban J connectivity index is 1.38. The fraction of sp³-hybridized carbons (Fsp3) is 0.250. The van der Waals surface area contributed by atoms with Crippen LogP contribution in [0.3, 0.4) is 0 Å². The number of nitrogens with two attached hydrogens (primary N) is 1. The van der Waals surface area contributed by atoms with Gasteiger partial charge in [-0.1, -0.05) is 43.0 Å². The van der Waals surface area contributed by atoms with Crippen LogP contribution in [0.2, 0.25) is 0 Å². The zero-order valence-corrected chi connectivity index (χ0v) is 21.4. The minimum absolute atomic E-state index is 0.0288. The van der Waals surface area contributed by atoms with Crippen LogP contribution >= 0.6 is 0 Å². The van der Waals surface area contributed by atoms with E-state index in [2.05, 4.69) is 21.9 Å². The molecule has 2 aromatic carbocycles. The molecule has 0 bridgehead atoms. The first-order valence-electron chi connectivity index (χ1n) is 12.6. The van der Waals surface area contributed by atoms with Crippen molar-refractivity contribution in [1.82, 2.24) is 30.0 Å². The number of alkyl halides is 3. The lowest BCUT2D eigenvalue weighted by Gasteiger charge is -2.32. The number of nitrogen functional groups attached to an aromatic ring is 1. The number of amides is 2. The summed E-state index contributed by atoms with van der Waals surface area (Å²) in [5, 5.41) is 7.97. The molecule has 0 saturated carbocycles. The summed E-state index contributed by atoms with van der Waals surface area (Å²) in [6, 6.07) is 11.6. The Labute approximate surface area is 227 Å². The molecule has 0 aliphatic carbocycles. The van der Waals surface area contributed by atoms with E-state index in [1.54, 1.807) is 33.8 Å². The second kappa shape index (κ2) is 10.8. The predicted molar refractivity (Wildman–Crippen MR) is 143 cm³/mol. The van der Waals surface area contributed by atoms with Gasteiger partial charge in [0.25, 0.3) is 5.91 Å². The van der Waals surface area contributed by atoms with Gasteiger partial charge in [-0.05, 0) is 36.6 Å². The summed E-state index contributed by atoms with van der Waals surface area (Å²) in [5.41, 5.74) is 7.33. The number of nitrogens with one attached hydrogen (secondary N) is 1. The van der Waals surface area contributed by atoms with Gasteiger partial charge in [-0.25, -0.2) is 14.6 Å². The maximum Gasteiger partial charge on any atom is 0.417 e. The van der Waals surface area contributed by atoms with E-state index in [9.17, 15) is 22.8 Å². The van der Waals surface area contributed by atoms with E-state index in [0.29, 0.717) is 35.4 Å². The number of hydrogen-bond donors (Lipinski definition) is 2. The van der Waals surface area contributed by atoms with E-state index in [-0.39, 0.29) is 24.3 Å². The van der Waals surface area contributed by atoms with Gasteiger partial charge in [-0.2, -0.15) is 18.3 Å². The van der Waals surface area contributed by atoms with Gasteiger partial charge in [0, 0.05) is 25.2 Å². The summed E-state index contributed by atoms with van der Waals surface area (Å²) >= 11 is 0. The Morgan fingerprint density at radius 2 is 1.88 bits per heavy atom. The molecule has 40 heavy (non-hydrogen) atoms. The molecule has 0 spiro atoms. The normalized spacial score (nSPS) is 15.7. The fourth-order valence-corrected chi connectivity index (χ4v) is 4.92. The smallest absolute Gasteiger partial charge is 0.383 e. The molecular weight excluding hydrogens is 523 g/mol. The van der Waals surface area contributed by atoms with Crippen molar-refractivity contribution in [3.8, 4) is 11.3 Å². The van der Waals surface area contributed by atoms with Crippen LogP contribution in [0, 0.1) is 0 Å². The van der Waals surface area contributed by atoms with Gasteiger partial charge < -0.3 is 16.0 Å². The highest BCUT2D eigenvalue weighted by molar-refractivity contribution is 5.98. The first-order valence-corrected chi connectivity index (χ1v) is 12.6. The number of hydrogen-bond acceptors (Lipinski definition) is 6. The first kappa shape index (κ1) is 26.9. The summed E-state index contributed by atoms with van der Waals surface area (Å²) in [7, 11) is 0. The molecule has 0 radical (unpaired) electrons. The molecule has 0 unspecified atom stereocenters. The van der Waals surface area contributed by atoms with E-state index in [0.717, 1.165) is 30.5 Å². The van der Waals surface area contributed by atoms with E-state index >= 15 is 0 Å². The van der Waals surface area contributed by atoms with Crippen molar-refractivity contribution in [2.45, 2.75) is 31.6 Å². The number of halogens is 3. The zero-order chi connectivity index (χ0) is 28.4. The Hall–Kier alpha value is -4.74. The van der Waals surface area contributed by atoms with Crippen LogP contribution in [0.1, 0.15) is 40.4 Å². The number of carbonyl (C=O) groups is 2. The molecule has 1 saturated heterocycles. The summed E-state index contributed by atoms with van der Waals surface area (Å²) in [4.78, 5) is 35.0. The number of carbonyl (C=O) groups excluding carboxylic acids is 2. The largest absolute Gasteiger partial charge is 0.417 e. The quantitative estimate of drug-likeness (QED) is 0.345. The summed E-state index contributed by atoms with van der Waals surface area (Å²) in [5.74, 6) is -0.691. The standard InChI is InChI=1S/C28H26F3N7O2/c1-2-22(39)37-13-5-6-19(15-37)38-26-23(25(32)34-16-35-26)24(36-38)18-11-9-17(10-12-18)14-33-27(40)20-7-3-4-8-21(20)28(29,30)31/h2-4,7-12,16,19H,1,5-6,13-15H2,(H,33,40)(H2,32,34,35)/t19-/m1/s1. The summed E-state index contributed by atoms with van der Waals surface area (Å²) in [6.45, 7) is 4.71. The molecule has 9 nitrogen and oxygen atoms in total. The van der Waals surface area contributed by atoms with Crippen molar-refractivity contribution in [2.75, 3.05) is 18.8 Å². The second-order valence-corrected chi connectivity index (χ2v) is 9.46. The minimum atomic E-state index is -4.63. The molecule has 1 aliphatic rings. The van der Waals surface area contributed by atoms with Gasteiger partial charge in [0.2, 0.25) is 5.91 Å². The molecule has 3 N–H and O–H groups in total. The maximum atomic E-state index is 13.3. The van der Waals surface area contributed by atoms with Crippen LogP contribution in [0.5, 0.6) is 0 Å². The molecule has 4 aromatic rings. The first-order chi connectivity index (χ1) is 19.2. The highest BCUT2D eigenvalue weighted by atomic mass is 19.4. The molecule has 5 rings (SSSR count). The number of benzene rings is 2. The van der Waals surface area contributed by atoms with Crippen LogP contribution in [0.25, 0.3) is 22.3 Å². The highest BCUT2D eigenvalue weighted by Crippen LogP contribution is 2.34. The van der Waals surface area contributed by atoms with Gasteiger partial charge in [0.15, 0.2) is 5.65 Å². The van der Waals surface area contributed by atoms with Crippen LogP contribution in [-0.2, 0) is 17.5 Å². The van der Waals surface area contributed by atoms with Crippen molar-refractivity contribution in [1.29, 1.82) is 0 Å². The SMILES string of the molecule is C=CC(=O)N1CCC[C@@H](n2nc(-c3ccc(CNC(=O)c4ccccc4C(F)(F)F)cc3)c3c(N)ncnc32)C1. The molecule has 3 heterocycles. The number of rotatable bonds is 6. The Morgan fingerprint density at radius 1 is 1.12 bits per heavy atom. The average Bonchev–Trinajstić information content (AvgIpc) is 3.36. The zero-order valence-electron chi connectivity index (χ0n) is 21.4. The minimum Gasteiger partial charge on any atom is -0.383 e. The van der Waals surface area contributed by atoms with Gasteiger partial charge in [-0.3, -0.25) is 9.59 Å². The van der Waals surface area contributed by atoms with E-state index in [4.69, 9.17) is 10.8 Å². The van der Waals surface area contributed by atoms with Crippen molar-refractivity contribution in [3.05, 3.63) is 84.2 Å². The second-order valence-electron chi connectivity index (χ2n) is 9.46. The number of aromatic nitrogens is 4. The molecule has 12 heteroatoms. The topological polar surface area (TPSA) is 119 Å². The van der Waals surface area contributed by atoms with E-state index in [1.165, 1.54) is 24.5 Å². The van der Waals surface area contributed by atoms with Gasteiger partial charge in [0.05, 0.1) is 22.6 Å². The Bertz CT molecular complexity index is 1580. The molecule has 206 valence electrons. The Kier molecular flexibility index (Phi) is 7.24. The summed E-state index contributed by atoms with van der Waals surface area (Å²) in [6.07, 6.45) is -0.358. The molecule has 2 amide bonds. The van der Waals surface area contributed by atoms with Crippen molar-refractivity contribution < 1.29 is 22.8 Å². The van der Waals surface area contributed by atoms with Gasteiger partial charge in [0.1, 0.15) is 17.8 Å². The highest BCUT2D eigenvalue weighted by Gasteiger charge is 2.34. The summed E-state index contributed by atoms with van der Waals surface area (Å²) < 4.78 is 41.6. The van der Waals surface area contributed by atoms with Crippen LogP contribution in [0.15, 0.2) is 67.5 Å². The Morgan fingerprint density at radius 3 is 2.60 bits per heavy atom. The molecule has 1 aliphatic heterocycles. The molecule has 1 atom stereocenters. The molecule has 1 fully saturated rings. The van der Waals surface area contributed by atoms with Crippen LogP contribution in [0.4, 0.5) is 19.0 Å². The predicted octanol–water partition coefficient (Wildman–Crippen LogP) is 4.37. The lowest BCUT2D eigenvalue weighted by molar-refractivity contribution is -0.138. The van der Waals surface area contributed by atoms with E-state index < -0.39 is 23.2 Å². The number of fused-ring (bicyclic) bond motifs is 1. The number of piperidine rings is 1. The van der Waals surface area contributed by atoms with Crippen molar-refractivity contribution in [3.63, 3.8) is 0 Å². The van der Waals surface area contributed by atoms with Crippen LogP contribution < -0.4 is 11.1 Å². The third-order valence-corrected chi connectivity index (χ3v) is 6.90. The molecule has 2 aromatic heterocycles.